The Kier molecular flexibility index (Phi) is 3.98. The molecule has 19 heavy (non-hydrogen) atoms. The number of amides is 3. The van der Waals surface area contributed by atoms with E-state index in [1.165, 1.54) is 0 Å². The smallest absolute Gasteiger partial charge is 0.350 e. The lowest BCUT2D eigenvalue weighted by Crippen LogP contribution is -2.46. The molecule has 0 spiro atoms. The van der Waals surface area contributed by atoms with E-state index in [1.807, 2.05) is 5.43 Å². The zero-order valence-electron chi connectivity index (χ0n) is 9.58. The van der Waals surface area contributed by atoms with Crippen molar-refractivity contribution < 1.29 is 27.2 Å². The molecule has 0 aliphatic carbocycles. The highest BCUT2D eigenvalue weighted by molar-refractivity contribution is 5.95. The van der Waals surface area contributed by atoms with Gasteiger partial charge in [0.15, 0.2) is 0 Å². The predicted molar refractivity (Wildman–Crippen MR) is 56.2 cm³/mol. The van der Waals surface area contributed by atoms with Gasteiger partial charge in [-0.2, -0.15) is 13.2 Å². The van der Waals surface area contributed by atoms with Gasteiger partial charge in [0.05, 0.1) is 5.56 Å². The molecule has 0 aliphatic heterocycles. The molecule has 0 aromatic heterocycles. The third-order valence-corrected chi connectivity index (χ3v) is 2.09. The van der Waals surface area contributed by atoms with E-state index in [0.29, 0.717) is 17.1 Å². The van der Waals surface area contributed by atoms with Crippen molar-refractivity contribution in [1.29, 1.82) is 0 Å². The molecule has 0 aliphatic rings. The molecule has 0 radical (unpaired) electrons. The zero-order chi connectivity index (χ0) is 14.8. The highest BCUT2D eigenvalue weighted by Gasteiger charge is 2.32. The summed E-state index contributed by atoms with van der Waals surface area (Å²) in [6.07, 6.45) is -4.79. The summed E-state index contributed by atoms with van der Waals surface area (Å²) in [5.41, 5.74) is 4.81. The van der Waals surface area contributed by atoms with Crippen molar-refractivity contribution >= 4 is 11.9 Å². The molecule has 0 saturated heterocycles. The van der Waals surface area contributed by atoms with Crippen molar-refractivity contribution in [3.8, 4) is 0 Å². The van der Waals surface area contributed by atoms with Gasteiger partial charge in [0.2, 0.25) is 0 Å². The van der Waals surface area contributed by atoms with Crippen LogP contribution < -0.4 is 11.2 Å². The first-order valence-corrected chi connectivity index (χ1v) is 4.83. The van der Waals surface area contributed by atoms with Gasteiger partial charge in [-0.05, 0) is 18.2 Å². The number of nitrogens with two attached hydrogens (primary N) is 1. The number of halogens is 4. The van der Waals surface area contributed by atoms with Crippen LogP contribution in [-0.4, -0.2) is 24.0 Å². The number of carbonyl (C=O) groups is 2. The van der Waals surface area contributed by atoms with Crippen LogP contribution in [0, 0.1) is 5.82 Å². The second kappa shape index (κ2) is 5.12. The number of nitrogens with zero attached hydrogens (tertiary/aromatic N) is 1. The first kappa shape index (κ1) is 14.7. The molecule has 0 heterocycles. The lowest BCUT2D eigenvalue weighted by atomic mass is 10.1. The lowest BCUT2D eigenvalue weighted by Gasteiger charge is -2.16. The summed E-state index contributed by atoms with van der Waals surface area (Å²) in [7, 11) is 1.09. The number of carbonyl (C=O) groups excluding carboxylic acids is 2. The molecule has 9 heteroatoms. The Hall–Kier alpha value is -2.32. The molecule has 3 N–H and O–H groups in total. The van der Waals surface area contributed by atoms with Gasteiger partial charge in [0.25, 0.3) is 5.91 Å². The number of hydrogen-bond acceptors (Lipinski definition) is 2. The quantitative estimate of drug-likeness (QED) is 0.603. The molecule has 0 bridgehead atoms. The van der Waals surface area contributed by atoms with Crippen molar-refractivity contribution in [2.24, 2.45) is 5.73 Å². The van der Waals surface area contributed by atoms with Crippen molar-refractivity contribution in [2.45, 2.75) is 6.18 Å². The van der Waals surface area contributed by atoms with Crippen molar-refractivity contribution in [1.82, 2.24) is 10.4 Å². The summed E-state index contributed by atoms with van der Waals surface area (Å²) in [5, 5.41) is 0.556. The predicted octanol–water partition coefficient (Wildman–Crippen LogP) is 1.50. The monoisotopic (exact) mass is 279 g/mol. The number of nitrogens with one attached hydrogen (secondary N) is 1. The summed E-state index contributed by atoms with van der Waals surface area (Å²) < 4.78 is 50.3. The van der Waals surface area contributed by atoms with Crippen LogP contribution in [-0.2, 0) is 6.18 Å². The van der Waals surface area contributed by atoms with E-state index in [0.717, 1.165) is 7.05 Å². The standard InChI is InChI=1S/C10H9F4N3O2/c1-17(9(15)19)16-8(18)5-2-6(10(12,13)14)4-7(11)3-5/h2-4H,1H3,(H2,15,19)(H,16,18). The summed E-state index contributed by atoms with van der Waals surface area (Å²) in [6, 6.07) is 0.308. The van der Waals surface area contributed by atoms with Crippen LogP contribution in [0.2, 0.25) is 0 Å². The largest absolute Gasteiger partial charge is 0.416 e. The molecule has 0 unspecified atom stereocenters. The Morgan fingerprint density at radius 2 is 1.84 bits per heavy atom. The fourth-order valence-electron chi connectivity index (χ4n) is 1.16. The summed E-state index contributed by atoms with van der Waals surface area (Å²) in [4.78, 5) is 22.1. The third-order valence-electron chi connectivity index (χ3n) is 2.09. The van der Waals surface area contributed by atoms with Crippen LogP contribution in [0.5, 0.6) is 0 Å². The highest BCUT2D eigenvalue weighted by atomic mass is 19.4. The summed E-state index contributed by atoms with van der Waals surface area (Å²) >= 11 is 0. The van der Waals surface area contributed by atoms with E-state index < -0.39 is 35.1 Å². The minimum Gasteiger partial charge on any atom is -0.350 e. The van der Waals surface area contributed by atoms with Crippen molar-refractivity contribution in [3.05, 3.63) is 35.1 Å². The highest BCUT2D eigenvalue weighted by Crippen LogP contribution is 2.30. The van der Waals surface area contributed by atoms with Crippen LogP contribution in [0.4, 0.5) is 22.4 Å². The second-order valence-corrected chi connectivity index (χ2v) is 3.56. The van der Waals surface area contributed by atoms with Gasteiger partial charge < -0.3 is 5.73 Å². The molecular formula is C10H9F4N3O2. The third kappa shape index (κ3) is 3.83. The van der Waals surface area contributed by atoms with Crippen LogP contribution in [0.25, 0.3) is 0 Å². The number of primary amides is 1. The number of rotatable bonds is 1. The lowest BCUT2D eigenvalue weighted by molar-refractivity contribution is -0.137. The number of alkyl halides is 3. The van der Waals surface area contributed by atoms with Gasteiger partial charge in [0, 0.05) is 12.6 Å². The number of benzene rings is 1. The maximum atomic E-state index is 13.0. The van der Waals surface area contributed by atoms with Crippen LogP contribution in [0.1, 0.15) is 15.9 Å². The minimum absolute atomic E-state index is 0.259. The van der Waals surface area contributed by atoms with E-state index >= 15 is 0 Å². The van der Waals surface area contributed by atoms with Crippen LogP contribution >= 0.6 is 0 Å². The van der Waals surface area contributed by atoms with Gasteiger partial charge in [-0.25, -0.2) is 14.2 Å². The Bertz CT molecular complexity index is 516. The second-order valence-electron chi connectivity index (χ2n) is 3.56. The number of hydrazine groups is 1. The van der Waals surface area contributed by atoms with Gasteiger partial charge >= 0.3 is 12.2 Å². The zero-order valence-corrected chi connectivity index (χ0v) is 9.58. The molecule has 3 amide bonds. The van der Waals surface area contributed by atoms with Gasteiger partial charge in [-0.15, -0.1) is 0 Å². The first-order chi connectivity index (χ1) is 8.61. The Morgan fingerprint density at radius 3 is 2.32 bits per heavy atom. The normalized spacial score (nSPS) is 11.0. The maximum absolute atomic E-state index is 13.0. The van der Waals surface area contributed by atoms with Crippen LogP contribution in [0.3, 0.4) is 0 Å². The topological polar surface area (TPSA) is 75.4 Å². The molecule has 104 valence electrons. The van der Waals surface area contributed by atoms with E-state index in [9.17, 15) is 27.2 Å². The molecule has 1 aromatic rings. The Balaban J connectivity index is 3.04. The molecular weight excluding hydrogens is 270 g/mol. The minimum atomic E-state index is -4.79. The molecule has 0 atom stereocenters. The van der Waals surface area contributed by atoms with Gasteiger partial charge in [0.1, 0.15) is 5.82 Å². The average Bonchev–Trinajstić information content (AvgIpc) is 2.26. The van der Waals surface area contributed by atoms with Gasteiger partial charge in [-0.3, -0.25) is 10.2 Å². The van der Waals surface area contributed by atoms with E-state index in [-0.39, 0.29) is 6.07 Å². The van der Waals surface area contributed by atoms with Gasteiger partial charge in [-0.1, -0.05) is 0 Å². The summed E-state index contributed by atoms with van der Waals surface area (Å²) in [5.74, 6) is -2.31. The fourth-order valence-corrected chi connectivity index (χ4v) is 1.16. The average molecular weight is 279 g/mol. The number of hydrogen-bond donors (Lipinski definition) is 2. The van der Waals surface area contributed by atoms with Crippen molar-refractivity contribution in [3.63, 3.8) is 0 Å². The van der Waals surface area contributed by atoms with Crippen molar-refractivity contribution in [2.75, 3.05) is 7.05 Å². The van der Waals surface area contributed by atoms with E-state index in [2.05, 4.69) is 0 Å². The first-order valence-electron chi connectivity index (χ1n) is 4.83. The molecule has 1 aromatic carbocycles. The Morgan fingerprint density at radius 1 is 1.26 bits per heavy atom. The molecule has 0 saturated carbocycles. The maximum Gasteiger partial charge on any atom is 0.416 e. The SMILES string of the molecule is CN(NC(=O)c1cc(F)cc(C(F)(F)F)c1)C(N)=O. The summed E-state index contributed by atoms with van der Waals surface area (Å²) in [6.45, 7) is 0. The number of urea groups is 1. The fraction of sp³-hybridized carbons (Fsp3) is 0.200. The Labute approximate surface area is 104 Å². The van der Waals surface area contributed by atoms with Crippen LogP contribution in [0.15, 0.2) is 18.2 Å². The molecule has 1 rings (SSSR count). The molecule has 5 nitrogen and oxygen atoms in total. The van der Waals surface area contributed by atoms with E-state index in [1.54, 1.807) is 0 Å². The molecule has 0 fully saturated rings. The van der Waals surface area contributed by atoms with E-state index in [4.69, 9.17) is 5.73 Å².